The second kappa shape index (κ2) is 9.64. The fraction of sp³-hybridized carbons (Fsp3) is 0.158. The molecule has 0 saturated carbocycles. The van der Waals surface area contributed by atoms with Crippen LogP contribution < -0.4 is 10.1 Å². The molecule has 168 valence electrons. The summed E-state index contributed by atoms with van der Waals surface area (Å²) >= 11 is 5.79. The number of nitrogens with one attached hydrogen (secondary N) is 1. The van der Waals surface area contributed by atoms with E-state index >= 15 is 0 Å². The van der Waals surface area contributed by atoms with E-state index in [1.165, 1.54) is 30.3 Å². The highest BCUT2D eigenvalue weighted by Crippen LogP contribution is 2.30. The largest absolute Gasteiger partial charge is 0.457 e. The summed E-state index contributed by atoms with van der Waals surface area (Å²) in [5, 5.41) is 17.3. The van der Waals surface area contributed by atoms with Gasteiger partial charge >= 0.3 is 0 Å². The molecular formula is C19H13ClF4N4O4. The lowest BCUT2D eigenvalue weighted by atomic mass is 10.2. The Hall–Kier alpha value is -3.67. The number of carbonyl (C=O) groups is 1. The van der Waals surface area contributed by atoms with Crippen LogP contribution in [0.5, 0.6) is 11.5 Å². The Kier molecular flexibility index (Phi) is 6.93. The summed E-state index contributed by atoms with van der Waals surface area (Å²) in [6, 6.07) is 10.0. The Balaban J connectivity index is 1.81. The fourth-order valence-electron chi connectivity index (χ4n) is 2.66. The van der Waals surface area contributed by atoms with Gasteiger partial charge in [0.25, 0.3) is 18.5 Å². The number of benzene rings is 2. The molecule has 8 nitrogen and oxygen atoms in total. The van der Waals surface area contributed by atoms with E-state index in [0.29, 0.717) is 21.5 Å². The van der Waals surface area contributed by atoms with Crippen LogP contribution in [0.1, 0.15) is 24.2 Å². The van der Waals surface area contributed by atoms with Gasteiger partial charge < -0.3 is 10.1 Å². The molecule has 1 N–H and O–H groups in total. The Bertz CT molecular complexity index is 1140. The number of amides is 1. The molecule has 3 rings (SSSR count). The van der Waals surface area contributed by atoms with Gasteiger partial charge in [-0.1, -0.05) is 11.6 Å². The zero-order valence-electron chi connectivity index (χ0n) is 15.8. The minimum atomic E-state index is -3.14. The van der Waals surface area contributed by atoms with Crippen LogP contribution in [-0.2, 0) is 11.3 Å². The number of non-ortho nitro benzene ring substituents is 1. The van der Waals surface area contributed by atoms with Crippen molar-refractivity contribution in [2.75, 3.05) is 5.32 Å². The molecule has 0 radical (unpaired) electrons. The van der Waals surface area contributed by atoms with E-state index in [1.807, 2.05) is 0 Å². The third-order valence-corrected chi connectivity index (χ3v) is 4.26. The van der Waals surface area contributed by atoms with Gasteiger partial charge in [-0.3, -0.25) is 19.6 Å². The molecule has 0 saturated heterocycles. The highest BCUT2D eigenvalue weighted by atomic mass is 35.5. The van der Waals surface area contributed by atoms with Crippen LogP contribution >= 0.6 is 11.6 Å². The maximum atomic E-state index is 13.1. The molecule has 32 heavy (non-hydrogen) atoms. The lowest BCUT2D eigenvalue weighted by molar-refractivity contribution is -0.384. The Morgan fingerprint density at radius 1 is 1.09 bits per heavy atom. The van der Waals surface area contributed by atoms with Crippen LogP contribution in [0.2, 0.25) is 5.02 Å². The number of nitrogens with zero attached hydrogens (tertiary/aromatic N) is 3. The molecule has 0 bridgehead atoms. The number of nitro groups is 1. The second-order valence-electron chi connectivity index (χ2n) is 6.33. The monoisotopic (exact) mass is 472 g/mol. The van der Waals surface area contributed by atoms with Crippen LogP contribution in [0, 0.1) is 10.1 Å². The molecule has 0 fully saturated rings. The molecule has 1 amide bonds. The molecule has 1 heterocycles. The standard InChI is InChI=1S/C19H13ClF4N4O4/c20-10-1-3-13(4-2-10)32-14-6-11(5-12(7-14)28(30)31)25-17(29)9-27-16(19(23)24)8-15(26-27)18(21)22/h1-8,18-19H,9H2,(H,25,29). The summed E-state index contributed by atoms with van der Waals surface area (Å²) in [6.45, 7) is -0.817. The number of hydrogen-bond acceptors (Lipinski definition) is 5. The SMILES string of the molecule is O=C(Cn1nc(C(F)F)cc1C(F)F)Nc1cc(Oc2ccc(Cl)cc2)cc([N+](=O)[O-])c1. The summed E-state index contributed by atoms with van der Waals surface area (Å²) in [5.41, 5.74) is -2.25. The van der Waals surface area contributed by atoms with Gasteiger partial charge in [0.05, 0.1) is 16.7 Å². The molecule has 1 aromatic heterocycles. The van der Waals surface area contributed by atoms with Crippen molar-refractivity contribution in [2.45, 2.75) is 19.4 Å². The average molecular weight is 473 g/mol. The van der Waals surface area contributed by atoms with E-state index in [1.54, 1.807) is 0 Å². The Morgan fingerprint density at radius 3 is 2.38 bits per heavy atom. The molecule has 0 spiro atoms. The van der Waals surface area contributed by atoms with Crippen LogP contribution in [0.3, 0.4) is 0 Å². The normalized spacial score (nSPS) is 11.1. The van der Waals surface area contributed by atoms with Crippen molar-refractivity contribution in [2.24, 2.45) is 0 Å². The summed E-state index contributed by atoms with van der Waals surface area (Å²) < 4.78 is 57.7. The molecule has 0 aliphatic carbocycles. The fourth-order valence-corrected chi connectivity index (χ4v) is 2.78. The lowest BCUT2D eigenvalue weighted by Crippen LogP contribution is -2.21. The maximum Gasteiger partial charge on any atom is 0.282 e. The minimum Gasteiger partial charge on any atom is -0.457 e. The Labute approximate surface area is 182 Å². The summed E-state index contributed by atoms with van der Waals surface area (Å²) in [5.74, 6) is -0.609. The van der Waals surface area contributed by atoms with Gasteiger partial charge in [-0.15, -0.1) is 0 Å². The topological polar surface area (TPSA) is 99.3 Å². The van der Waals surface area contributed by atoms with E-state index in [-0.39, 0.29) is 11.4 Å². The molecule has 0 aliphatic heterocycles. The van der Waals surface area contributed by atoms with Crippen LogP contribution in [0.4, 0.5) is 28.9 Å². The molecule has 2 aromatic carbocycles. The number of anilines is 1. The van der Waals surface area contributed by atoms with Crippen molar-refractivity contribution in [3.05, 3.63) is 75.1 Å². The van der Waals surface area contributed by atoms with Crippen molar-refractivity contribution in [3.8, 4) is 11.5 Å². The van der Waals surface area contributed by atoms with E-state index in [2.05, 4.69) is 10.4 Å². The van der Waals surface area contributed by atoms with Crippen LogP contribution in [-0.4, -0.2) is 20.6 Å². The number of alkyl halides is 4. The number of aromatic nitrogens is 2. The molecule has 0 aliphatic rings. The highest BCUT2D eigenvalue weighted by Gasteiger charge is 2.22. The summed E-state index contributed by atoms with van der Waals surface area (Å²) in [6.07, 6.45) is -6.24. The predicted octanol–water partition coefficient (Wildman–Crippen LogP) is 5.75. The van der Waals surface area contributed by atoms with E-state index in [9.17, 15) is 32.5 Å². The lowest BCUT2D eigenvalue weighted by Gasteiger charge is -2.11. The molecular weight excluding hydrogens is 460 g/mol. The highest BCUT2D eigenvalue weighted by molar-refractivity contribution is 6.30. The van der Waals surface area contributed by atoms with Crippen molar-refractivity contribution < 1.29 is 32.0 Å². The van der Waals surface area contributed by atoms with Gasteiger partial charge in [0.2, 0.25) is 5.91 Å². The summed E-state index contributed by atoms with van der Waals surface area (Å²) in [4.78, 5) is 22.8. The molecule has 0 atom stereocenters. The Morgan fingerprint density at radius 2 is 1.78 bits per heavy atom. The number of nitro benzene ring substituents is 1. The van der Waals surface area contributed by atoms with Gasteiger partial charge in [0, 0.05) is 17.2 Å². The number of hydrogen-bond donors (Lipinski definition) is 1. The number of ether oxygens (including phenoxy) is 1. The molecule has 3 aromatic rings. The quantitative estimate of drug-likeness (QED) is 0.255. The minimum absolute atomic E-state index is 0.00386. The average Bonchev–Trinajstić information content (AvgIpc) is 3.14. The predicted molar refractivity (Wildman–Crippen MR) is 105 cm³/mol. The third-order valence-electron chi connectivity index (χ3n) is 4.01. The van der Waals surface area contributed by atoms with Crippen molar-refractivity contribution >= 4 is 28.9 Å². The first-order valence-corrected chi connectivity index (χ1v) is 9.17. The smallest absolute Gasteiger partial charge is 0.282 e. The first-order valence-electron chi connectivity index (χ1n) is 8.79. The van der Waals surface area contributed by atoms with E-state index < -0.39 is 47.3 Å². The zero-order chi connectivity index (χ0) is 23.4. The zero-order valence-corrected chi connectivity index (χ0v) is 16.6. The second-order valence-corrected chi connectivity index (χ2v) is 6.77. The first-order chi connectivity index (χ1) is 15.1. The van der Waals surface area contributed by atoms with Gasteiger partial charge in [0.1, 0.15) is 29.4 Å². The maximum absolute atomic E-state index is 13.1. The number of rotatable bonds is 8. The molecule has 0 unspecified atom stereocenters. The number of halogens is 5. The molecule has 13 heteroatoms. The van der Waals surface area contributed by atoms with Gasteiger partial charge in [0.15, 0.2) is 0 Å². The van der Waals surface area contributed by atoms with Crippen molar-refractivity contribution in [1.82, 2.24) is 9.78 Å². The third kappa shape index (κ3) is 5.72. The van der Waals surface area contributed by atoms with E-state index in [4.69, 9.17) is 16.3 Å². The van der Waals surface area contributed by atoms with Gasteiger partial charge in [-0.05, 0) is 30.3 Å². The number of carbonyl (C=O) groups excluding carboxylic acids is 1. The summed E-state index contributed by atoms with van der Waals surface area (Å²) in [7, 11) is 0. The van der Waals surface area contributed by atoms with E-state index in [0.717, 1.165) is 12.1 Å². The van der Waals surface area contributed by atoms with Crippen LogP contribution in [0.15, 0.2) is 48.5 Å². The first kappa shape index (κ1) is 23.0. The van der Waals surface area contributed by atoms with Crippen LogP contribution in [0.25, 0.3) is 0 Å². The van der Waals surface area contributed by atoms with Crippen molar-refractivity contribution in [1.29, 1.82) is 0 Å². The van der Waals surface area contributed by atoms with Gasteiger partial charge in [-0.25, -0.2) is 17.6 Å². The van der Waals surface area contributed by atoms with Gasteiger partial charge in [-0.2, -0.15) is 5.10 Å². The van der Waals surface area contributed by atoms with Crippen molar-refractivity contribution in [3.63, 3.8) is 0 Å².